The lowest BCUT2D eigenvalue weighted by Crippen LogP contribution is -2.42. The maximum atomic E-state index is 13.5. The highest BCUT2D eigenvalue weighted by molar-refractivity contribution is 8.05. The maximum Gasteiger partial charge on any atom is 0.431 e. The van der Waals surface area contributed by atoms with Crippen molar-refractivity contribution in [2.24, 2.45) is 11.1 Å². The van der Waals surface area contributed by atoms with Crippen LogP contribution >= 0.6 is 48.6 Å². The summed E-state index contributed by atoms with van der Waals surface area (Å²) in [4.78, 5) is 42.7. The predicted molar refractivity (Wildman–Crippen MR) is 232 cm³/mol. The van der Waals surface area contributed by atoms with E-state index in [1.54, 1.807) is 102 Å². The second kappa shape index (κ2) is 27.0. The summed E-state index contributed by atoms with van der Waals surface area (Å²) in [6, 6.07) is 27.1. The van der Waals surface area contributed by atoms with Crippen LogP contribution in [-0.4, -0.2) is 51.8 Å². The first kappa shape index (κ1) is 57.2. The first-order valence-electron chi connectivity index (χ1n) is 17.0. The van der Waals surface area contributed by atoms with Gasteiger partial charge in [-0.1, -0.05) is 36.4 Å². The molecule has 6 N–H and O–H groups in total. The van der Waals surface area contributed by atoms with E-state index in [0.29, 0.717) is 18.1 Å². The fourth-order valence-electron chi connectivity index (χ4n) is 3.89. The molecule has 0 aliphatic heterocycles. The quantitative estimate of drug-likeness (QED) is 0.0458. The van der Waals surface area contributed by atoms with Crippen LogP contribution in [0.4, 0.5) is 11.4 Å². The molecule has 0 bridgehead atoms. The molecule has 0 aliphatic rings. The Hall–Kier alpha value is -4.93. The number of non-ortho nitro benzene ring substituents is 2. The van der Waals surface area contributed by atoms with Gasteiger partial charge in [-0.15, -0.1) is 12.4 Å². The monoisotopic (exact) mass is 940 g/mol. The molecule has 0 radical (unpaired) electrons. The molecule has 4 aromatic carbocycles. The fourth-order valence-corrected chi connectivity index (χ4v) is 6.88. The van der Waals surface area contributed by atoms with E-state index >= 15 is 0 Å². The number of rotatable bonds is 14. The molecule has 1 atom stereocenters. The van der Waals surface area contributed by atoms with Crippen LogP contribution in [0.5, 0.6) is 23.0 Å². The minimum Gasteiger partial charge on any atom is -0.508 e. The summed E-state index contributed by atoms with van der Waals surface area (Å²) in [6.07, 6.45) is -3.69. The van der Waals surface area contributed by atoms with Crippen LogP contribution in [0.2, 0.25) is 0 Å². The number of phenols is 1. The molecule has 0 saturated heterocycles. The number of nitro groups is 2. The van der Waals surface area contributed by atoms with E-state index < -0.39 is 40.4 Å². The number of benzene rings is 4. The summed E-state index contributed by atoms with van der Waals surface area (Å²) in [5.74, 6) is -0.00690. The second-order valence-corrected chi connectivity index (χ2v) is 18.8. The topological polar surface area (TPSA) is 282 Å². The lowest BCUT2D eigenvalue weighted by molar-refractivity contribution is -0.385. The van der Waals surface area contributed by atoms with Gasteiger partial charge in [-0.3, -0.25) is 29.8 Å². The molecular formula is C37H49Cl3N4O14P2. The summed E-state index contributed by atoms with van der Waals surface area (Å²) in [7, 11) is -3.87. The molecule has 0 fully saturated rings. The molecule has 4 rings (SSSR count). The van der Waals surface area contributed by atoms with Crippen LogP contribution in [-0.2, 0) is 28.2 Å². The van der Waals surface area contributed by atoms with Gasteiger partial charge in [-0.2, -0.15) is 0 Å². The van der Waals surface area contributed by atoms with Crippen LogP contribution < -0.4 is 25.5 Å². The average Bonchev–Trinajstić information content (AvgIpc) is 3.12. The molecule has 0 amide bonds. The van der Waals surface area contributed by atoms with E-state index in [2.05, 4.69) is 9.26 Å². The van der Waals surface area contributed by atoms with Crippen LogP contribution in [0.1, 0.15) is 41.5 Å². The number of halogens is 3. The molecule has 23 heteroatoms. The van der Waals surface area contributed by atoms with Crippen molar-refractivity contribution in [1.29, 1.82) is 0 Å². The van der Waals surface area contributed by atoms with Gasteiger partial charge in [0.15, 0.2) is 0 Å². The van der Waals surface area contributed by atoms with Crippen LogP contribution in [0.3, 0.4) is 0 Å². The van der Waals surface area contributed by atoms with Crippen molar-refractivity contribution < 1.29 is 56.7 Å². The molecule has 1 unspecified atom stereocenters. The van der Waals surface area contributed by atoms with Crippen molar-refractivity contribution in [2.45, 2.75) is 47.1 Å². The lowest BCUT2D eigenvalue weighted by Gasteiger charge is -2.27. The van der Waals surface area contributed by atoms with Crippen molar-refractivity contribution in [2.75, 3.05) is 19.4 Å². The molecule has 0 saturated carbocycles. The zero-order valence-corrected chi connectivity index (χ0v) is 37.6. The Labute approximate surface area is 363 Å². The summed E-state index contributed by atoms with van der Waals surface area (Å²) in [5, 5.41) is 29.5. The largest absolute Gasteiger partial charge is 0.508 e. The van der Waals surface area contributed by atoms with Gasteiger partial charge in [-0.25, -0.2) is 9.13 Å². The van der Waals surface area contributed by atoms with E-state index in [9.17, 15) is 38.9 Å². The smallest absolute Gasteiger partial charge is 0.431 e. The number of hydrogen-bond acceptors (Lipinski definition) is 16. The molecule has 0 aliphatic carbocycles. The van der Waals surface area contributed by atoms with Crippen molar-refractivity contribution in [3.8, 4) is 23.0 Å². The molecule has 18 nitrogen and oxygen atoms in total. The van der Waals surface area contributed by atoms with E-state index in [-0.39, 0.29) is 60.2 Å². The van der Waals surface area contributed by atoms with Gasteiger partial charge >= 0.3 is 25.6 Å². The Morgan fingerprint density at radius 3 is 1.35 bits per heavy atom. The van der Waals surface area contributed by atoms with E-state index in [0.717, 1.165) is 0 Å². The Morgan fingerprint density at radius 2 is 1.02 bits per heavy atom. The fraction of sp³-hybridized carbons (Fsp3) is 0.297. The minimum absolute atomic E-state index is 0. The molecule has 0 spiro atoms. The summed E-state index contributed by atoms with van der Waals surface area (Å²) in [6.45, 7) is 10.4. The van der Waals surface area contributed by atoms with Gasteiger partial charge in [0.1, 0.15) is 28.5 Å². The summed E-state index contributed by atoms with van der Waals surface area (Å²) >= 11 is 10.3. The van der Waals surface area contributed by atoms with E-state index in [1.807, 2.05) is 0 Å². The SMILES string of the molecule is CCOC(=O)C(C)(C)CP(=O)(Oc1ccccc1)Oc1ccc([N+](=O)[O-])cc1.CCOC(=O)C(C)(C)N.Cl.N.O=P(Cl)(Cl)Oc1ccccc1.O=[N+]([O-])c1ccc(O)cc1. The van der Waals surface area contributed by atoms with Crippen molar-refractivity contribution >= 4 is 71.9 Å². The van der Waals surface area contributed by atoms with Crippen molar-refractivity contribution in [3.63, 3.8) is 0 Å². The first-order valence-corrected chi connectivity index (χ1v) is 22.2. The zero-order chi connectivity index (χ0) is 44.2. The number of carbonyl (C=O) groups is 2. The van der Waals surface area contributed by atoms with E-state index in [4.69, 9.17) is 47.1 Å². The molecule has 0 heterocycles. The highest BCUT2D eigenvalue weighted by Gasteiger charge is 2.42. The highest BCUT2D eigenvalue weighted by Crippen LogP contribution is 2.57. The van der Waals surface area contributed by atoms with Gasteiger partial charge in [0.25, 0.3) is 11.4 Å². The Bertz CT molecular complexity index is 2000. The number of carbonyl (C=O) groups excluding carboxylic acids is 2. The standard InChI is InChI=1S/C19H22NO7P.C6H5Cl2O2P.C6H5NO3.C6H13NO2.ClH.H3N/c1-4-25-18(21)19(2,3)14-28(24,26-16-8-6-5-7-9-16)27-17-12-10-15(11-13-17)20(22)23;7-11(8,9)10-6-4-2-1-3-5-6;8-6-3-1-5(2-4-6)7(9)10;1-4-9-5(8)6(2,3)7;;/h5-13H,4,14H2,1-3H3;1-5H;1-4,8H;4,7H2,1-3H3;1H;1H3. The van der Waals surface area contributed by atoms with Crippen LogP contribution in [0, 0.1) is 25.6 Å². The number of nitrogens with zero attached hydrogens (tertiary/aromatic N) is 2. The molecule has 4 aromatic rings. The predicted octanol–water partition coefficient (Wildman–Crippen LogP) is 10.7. The lowest BCUT2D eigenvalue weighted by atomic mass is 9.97. The third kappa shape index (κ3) is 23.6. The number of nitro benzene ring substituents is 2. The van der Waals surface area contributed by atoms with Gasteiger partial charge in [0.05, 0.1) is 34.6 Å². The maximum absolute atomic E-state index is 13.5. The first-order chi connectivity index (χ1) is 26.9. The molecular weight excluding hydrogens is 893 g/mol. The molecule has 332 valence electrons. The number of aromatic hydroxyl groups is 1. The second-order valence-electron chi connectivity index (χ2n) is 12.7. The van der Waals surface area contributed by atoms with E-state index in [1.165, 1.54) is 48.5 Å². The Morgan fingerprint density at radius 1 is 0.667 bits per heavy atom. The normalized spacial score (nSPS) is 11.4. The van der Waals surface area contributed by atoms with Crippen molar-refractivity contribution in [3.05, 3.63) is 129 Å². The van der Waals surface area contributed by atoms with Crippen LogP contribution in [0.15, 0.2) is 109 Å². The number of nitrogens with two attached hydrogens (primary N) is 1. The third-order valence-electron chi connectivity index (χ3n) is 6.51. The summed E-state index contributed by atoms with van der Waals surface area (Å²) < 4.78 is 49.8. The number of para-hydroxylation sites is 2. The Kier molecular flexibility index (Phi) is 25.7. The van der Waals surface area contributed by atoms with Gasteiger partial charge in [0, 0.05) is 46.7 Å². The average molecular weight is 942 g/mol. The van der Waals surface area contributed by atoms with Gasteiger partial charge in [0.2, 0.25) is 0 Å². The van der Waals surface area contributed by atoms with Crippen molar-refractivity contribution in [1.82, 2.24) is 6.15 Å². The summed E-state index contributed by atoms with van der Waals surface area (Å²) in [5.41, 5.74) is 3.26. The molecule has 0 aromatic heterocycles. The third-order valence-corrected chi connectivity index (χ3v) is 9.51. The minimum atomic E-state index is -3.87. The number of hydrogen-bond donors (Lipinski definition) is 3. The number of ether oxygens (including phenoxy) is 2. The zero-order valence-electron chi connectivity index (χ0n) is 33.5. The number of phenolic OH excluding ortho intramolecular Hbond substituents is 1. The Balaban J connectivity index is 0. The number of esters is 2. The molecule has 60 heavy (non-hydrogen) atoms. The van der Waals surface area contributed by atoms with Crippen LogP contribution in [0.25, 0.3) is 0 Å². The van der Waals surface area contributed by atoms with Gasteiger partial charge < -0.3 is 40.0 Å². The highest BCUT2D eigenvalue weighted by atomic mass is 35.9. The van der Waals surface area contributed by atoms with Gasteiger partial charge in [-0.05, 0) is 90.1 Å².